The summed E-state index contributed by atoms with van der Waals surface area (Å²) in [5.74, 6) is -0.664. The van der Waals surface area contributed by atoms with Crippen molar-refractivity contribution >= 4 is 5.91 Å². The molecule has 1 heterocycles. The highest BCUT2D eigenvalue weighted by Gasteiger charge is 2.22. The predicted molar refractivity (Wildman–Crippen MR) is 31.8 cm³/mol. The summed E-state index contributed by atoms with van der Waals surface area (Å²) in [5, 5.41) is 5.31. The lowest BCUT2D eigenvalue weighted by molar-refractivity contribution is -0.121. The summed E-state index contributed by atoms with van der Waals surface area (Å²) in [5.41, 5.74) is 0. The molecule has 1 amide bonds. The second-order valence-electron chi connectivity index (χ2n) is 2.12. The van der Waals surface area contributed by atoms with Crippen molar-refractivity contribution < 1.29 is 4.79 Å². The molecule has 0 spiro atoms. The summed E-state index contributed by atoms with van der Waals surface area (Å²) in [6.45, 7) is 1.44. The zero-order chi connectivity index (χ0) is 6.69. The molecule has 50 valence electrons. The lowest BCUT2D eigenvalue weighted by atomic mass is 10.1. The van der Waals surface area contributed by atoms with Crippen molar-refractivity contribution in [3.8, 4) is 0 Å². The fraction of sp³-hybridized carbons (Fsp3) is 0.800. The molecule has 0 aromatic heterocycles. The van der Waals surface area contributed by atoms with E-state index in [0.29, 0.717) is 6.54 Å². The molecule has 1 saturated heterocycles. The summed E-state index contributed by atoms with van der Waals surface area (Å²) >= 11 is 0. The maximum absolute atomic E-state index is 10.5. The van der Waals surface area contributed by atoms with Gasteiger partial charge in [-0.15, -0.1) is 4.91 Å². The molecule has 0 aromatic carbocycles. The molecule has 0 saturated carbocycles. The van der Waals surface area contributed by atoms with E-state index in [1.165, 1.54) is 0 Å². The van der Waals surface area contributed by atoms with E-state index in [-0.39, 0.29) is 5.92 Å². The SMILES string of the molecule is O=NC(=O)[C@@H]1CCNC1. The Morgan fingerprint density at radius 2 is 2.44 bits per heavy atom. The minimum Gasteiger partial charge on any atom is -0.316 e. The van der Waals surface area contributed by atoms with E-state index in [2.05, 4.69) is 10.5 Å². The van der Waals surface area contributed by atoms with Crippen LogP contribution in [0.4, 0.5) is 0 Å². The van der Waals surface area contributed by atoms with E-state index in [1.807, 2.05) is 0 Å². The highest BCUT2D eigenvalue weighted by Crippen LogP contribution is 2.08. The van der Waals surface area contributed by atoms with Crippen molar-refractivity contribution in [2.24, 2.45) is 11.1 Å². The molecule has 0 aromatic rings. The van der Waals surface area contributed by atoms with Gasteiger partial charge in [-0.1, -0.05) is 0 Å². The van der Waals surface area contributed by atoms with Crippen LogP contribution in [-0.2, 0) is 4.79 Å². The van der Waals surface area contributed by atoms with Gasteiger partial charge >= 0.3 is 0 Å². The highest BCUT2D eigenvalue weighted by atomic mass is 16.3. The van der Waals surface area contributed by atoms with Crippen molar-refractivity contribution in [2.75, 3.05) is 13.1 Å². The van der Waals surface area contributed by atoms with E-state index in [1.54, 1.807) is 0 Å². The number of amides is 1. The van der Waals surface area contributed by atoms with Crippen molar-refractivity contribution in [2.45, 2.75) is 6.42 Å². The Hall–Kier alpha value is -0.770. The fourth-order valence-electron chi connectivity index (χ4n) is 0.940. The number of carbonyl (C=O) groups is 1. The third-order valence-corrected chi connectivity index (χ3v) is 1.50. The van der Waals surface area contributed by atoms with Crippen molar-refractivity contribution in [3.05, 3.63) is 4.91 Å². The van der Waals surface area contributed by atoms with E-state index < -0.39 is 5.91 Å². The Bertz CT molecular complexity index is 129. The Morgan fingerprint density at radius 1 is 1.67 bits per heavy atom. The number of carbonyl (C=O) groups excluding carboxylic acids is 1. The molecule has 4 nitrogen and oxygen atoms in total. The molecule has 4 heteroatoms. The van der Waals surface area contributed by atoms with Crippen LogP contribution in [0.5, 0.6) is 0 Å². The largest absolute Gasteiger partial charge is 0.316 e. The molecule has 1 aliphatic heterocycles. The van der Waals surface area contributed by atoms with Gasteiger partial charge in [0.1, 0.15) is 0 Å². The van der Waals surface area contributed by atoms with Crippen LogP contribution < -0.4 is 5.32 Å². The molecule has 1 atom stereocenters. The molecule has 0 radical (unpaired) electrons. The van der Waals surface area contributed by atoms with Gasteiger partial charge in [-0.3, -0.25) is 4.79 Å². The first-order chi connectivity index (χ1) is 4.34. The van der Waals surface area contributed by atoms with Gasteiger partial charge in [-0.2, -0.15) is 0 Å². The zero-order valence-corrected chi connectivity index (χ0v) is 4.96. The number of nitrogens with one attached hydrogen (secondary N) is 1. The van der Waals surface area contributed by atoms with Crippen LogP contribution in [-0.4, -0.2) is 19.0 Å². The van der Waals surface area contributed by atoms with Crippen LogP contribution in [0.1, 0.15) is 6.42 Å². The molecule has 0 aliphatic carbocycles. The maximum Gasteiger partial charge on any atom is 0.290 e. The van der Waals surface area contributed by atoms with E-state index in [0.717, 1.165) is 13.0 Å². The van der Waals surface area contributed by atoms with Gasteiger partial charge in [0.15, 0.2) is 0 Å². The molecule has 1 aliphatic rings. The van der Waals surface area contributed by atoms with Gasteiger partial charge in [0, 0.05) is 11.7 Å². The van der Waals surface area contributed by atoms with Gasteiger partial charge in [0.25, 0.3) is 5.91 Å². The minimum atomic E-state index is -0.514. The van der Waals surface area contributed by atoms with Crippen molar-refractivity contribution in [1.29, 1.82) is 0 Å². The van der Waals surface area contributed by atoms with Gasteiger partial charge in [0.2, 0.25) is 0 Å². The lowest BCUT2D eigenvalue weighted by Gasteiger charge is -1.95. The van der Waals surface area contributed by atoms with Crippen LogP contribution in [0.15, 0.2) is 5.18 Å². The minimum absolute atomic E-state index is 0.150. The Morgan fingerprint density at radius 3 is 2.89 bits per heavy atom. The predicted octanol–water partition coefficient (Wildman–Crippen LogP) is -0.111. The van der Waals surface area contributed by atoms with Crippen molar-refractivity contribution in [1.82, 2.24) is 5.32 Å². The summed E-state index contributed by atoms with van der Waals surface area (Å²) in [7, 11) is 0. The standard InChI is InChI=1S/C5H8N2O2/c8-5(7-9)4-1-2-6-3-4/h4,6H,1-3H2/t4-/m1/s1. The summed E-state index contributed by atoms with van der Waals surface area (Å²) in [6.07, 6.45) is 0.755. The topological polar surface area (TPSA) is 58.5 Å². The van der Waals surface area contributed by atoms with Gasteiger partial charge < -0.3 is 5.32 Å². The van der Waals surface area contributed by atoms with Gasteiger partial charge in [-0.05, 0) is 13.0 Å². The molecule has 0 bridgehead atoms. The lowest BCUT2D eigenvalue weighted by Crippen LogP contribution is -2.15. The summed E-state index contributed by atoms with van der Waals surface area (Å²) < 4.78 is 0. The van der Waals surface area contributed by atoms with Crippen molar-refractivity contribution in [3.63, 3.8) is 0 Å². The molecular weight excluding hydrogens is 120 g/mol. The molecule has 1 N–H and O–H groups in total. The monoisotopic (exact) mass is 128 g/mol. The summed E-state index contributed by atoms with van der Waals surface area (Å²) in [6, 6.07) is 0. The second-order valence-corrected chi connectivity index (χ2v) is 2.12. The highest BCUT2D eigenvalue weighted by molar-refractivity contribution is 5.79. The quantitative estimate of drug-likeness (QED) is 0.501. The van der Waals surface area contributed by atoms with E-state index in [4.69, 9.17) is 0 Å². The first-order valence-electron chi connectivity index (χ1n) is 2.92. The number of rotatable bonds is 1. The van der Waals surface area contributed by atoms with Crippen LogP contribution in [0.25, 0.3) is 0 Å². The molecule has 9 heavy (non-hydrogen) atoms. The molecule has 1 rings (SSSR count). The average Bonchev–Trinajstić information content (AvgIpc) is 2.37. The molecular formula is C5H8N2O2. The fourth-order valence-corrected chi connectivity index (χ4v) is 0.940. The average molecular weight is 128 g/mol. The first-order valence-corrected chi connectivity index (χ1v) is 2.92. The van der Waals surface area contributed by atoms with Crippen LogP contribution in [0.2, 0.25) is 0 Å². The third kappa shape index (κ3) is 1.32. The molecule has 1 fully saturated rings. The second kappa shape index (κ2) is 2.68. The van der Waals surface area contributed by atoms with Crippen LogP contribution in [0.3, 0.4) is 0 Å². The normalized spacial score (nSPS) is 26.0. The number of nitroso groups, excluding NO2 is 1. The summed E-state index contributed by atoms with van der Waals surface area (Å²) in [4.78, 5) is 20.2. The molecule has 0 unspecified atom stereocenters. The van der Waals surface area contributed by atoms with Crippen LogP contribution in [0, 0.1) is 10.8 Å². The number of nitrogens with zero attached hydrogens (tertiary/aromatic N) is 1. The number of hydrogen-bond donors (Lipinski definition) is 1. The maximum atomic E-state index is 10.5. The van der Waals surface area contributed by atoms with Gasteiger partial charge in [-0.25, -0.2) is 0 Å². The smallest absolute Gasteiger partial charge is 0.290 e. The first kappa shape index (κ1) is 6.35. The van der Waals surface area contributed by atoms with Gasteiger partial charge in [0.05, 0.1) is 5.92 Å². The Balaban J connectivity index is 2.41. The Kier molecular flexibility index (Phi) is 1.89. The third-order valence-electron chi connectivity index (χ3n) is 1.50. The Labute approximate surface area is 52.6 Å². The van der Waals surface area contributed by atoms with Crippen LogP contribution >= 0.6 is 0 Å². The van der Waals surface area contributed by atoms with E-state index >= 15 is 0 Å². The van der Waals surface area contributed by atoms with E-state index in [9.17, 15) is 9.70 Å². The zero-order valence-electron chi connectivity index (χ0n) is 4.96. The number of hydrogen-bond acceptors (Lipinski definition) is 3.